The van der Waals surface area contributed by atoms with Crippen LogP contribution in [0.3, 0.4) is 0 Å². The number of rotatable bonds is 6. The second-order valence-corrected chi connectivity index (χ2v) is 9.41. The molecule has 2 atom stereocenters. The highest BCUT2D eigenvalue weighted by molar-refractivity contribution is 7.12. The summed E-state index contributed by atoms with van der Waals surface area (Å²) in [7, 11) is 2.07. The van der Waals surface area contributed by atoms with Crippen LogP contribution in [-0.4, -0.2) is 53.3 Å². The average Bonchev–Trinajstić information content (AvgIpc) is 3.34. The third-order valence-electron chi connectivity index (χ3n) is 5.45. The van der Waals surface area contributed by atoms with E-state index in [-0.39, 0.29) is 18.0 Å². The molecule has 1 aliphatic heterocycles. The summed E-state index contributed by atoms with van der Waals surface area (Å²) in [5.74, 6) is 0.664. The Morgan fingerprint density at radius 3 is 2.78 bits per heavy atom. The number of carbonyl (C=O) groups excluding carboxylic acids is 1. The van der Waals surface area contributed by atoms with Gasteiger partial charge in [0.25, 0.3) is 0 Å². The Balaban J connectivity index is 1.43. The van der Waals surface area contributed by atoms with Crippen LogP contribution in [0.5, 0.6) is 0 Å². The van der Waals surface area contributed by atoms with Gasteiger partial charge in [0.15, 0.2) is 0 Å². The second kappa shape index (κ2) is 9.46. The topological polar surface area (TPSA) is 106 Å². The van der Waals surface area contributed by atoms with Gasteiger partial charge in [-0.1, -0.05) is 0 Å². The average molecular weight is 450 g/mol. The van der Waals surface area contributed by atoms with Gasteiger partial charge in [-0.3, -0.25) is 10.3 Å². The van der Waals surface area contributed by atoms with Crippen molar-refractivity contribution in [3.8, 4) is 0 Å². The number of urea groups is 1. The molecule has 4 heterocycles. The van der Waals surface area contributed by atoms with Crippen LogP contribution in [0.4, 0.5) is 22.0 Å². The van der Waals surface area contributed by atoms with E-state index in [4.69, 9.17) is 5.41 Å². The number of likely N-dealkylation sites (N-methyl/N-ethyl adjacent to an activating group) is 1. The predicted molar refractivity (Wildman–Crippen MR) is 130 cm³/mol. The van der Waals surface area contributed by atoms with Gasteiger partial charge < -0.3 is 20.9 Å². The fourth-order valence-corrected chi connectivity index (χ4v) is 4.98. The molecule has 32 heavy (non-hydrogen) atoms. The van der Waals surface area contributed by atoms with E-state index in [1.54, 1.807) is 29.8 Å². The summed E-state index contributed by atoms with van der Waals surface area (Å²) >= 11 is 1.78. The lowest BCUT2D eigenvalue weighted by Gasteiger charge is -2.19. The van der Waals surface area contributed by atoms with Crippen molar-refractivity contribution in [2.45, 2.75) is 25.8 Å². The molecule has 1 aliphatic rings. The summed E-state index contributed by atoms with van der Waals surface area (Å²) in [6.45, 7) is 5.72. The van der Waals surface area contributed by atoms with Gasteiger partial charge in [0.1, 0.15) is 5.82 Å². The number of nitrogens with one attached hydrogen (secondary N) is 4. The summed E-state index contributed by atoms with van der Waals surface area (Å²) in [6.07, 6.45) is 4.58. The summed E-state index contributed by atoms with van der Waals surface area (Å²) in [5, 5.41) is 16.9. The molecular formula is C23H27N7OS. The molecule has 0 aromatic carbocycles. The highest BCUT2D eigenvalue weighted by Crippen LogP contribution is 2.32. The first kappa shape index (κ1) is 21.9. The fraction of sp³-hybridized carbons (Fsp3) is 0.304. The first-order valence-corrected chi connectivity index (χ1v) is 11.3. The number of hydrogen-bond acceptors (Lipinski definition) is 7. The molecular weight excluding hydrogens is 422 g/mol. The third kappa shape index (κ3) is 5.12. The Labute approximate surface area is 191 Å². The molecule has 166 valence electrons. The van der Waals surface area contributed by atoms with Gasteiger partial charge in [0.05, 0.1) is 17.9 Å². The normalized spacial score (nSPS) is 18.3. The Morgan fingerprint density at radius 2 is 2.06 bits per heavy atom. The van der Waals surface area contributed by atoms with Crippen molar-refractivity contribution in [1.29, 1.82) is 5.41 Å². The number of nitrogens with zero attached hydrogens (tertiary/aromatic N) is 3. The lowest BCUT2D eigenvalue weighted by molar-refractivity contribution is 0.247. The van der Waals surface area contributed by atoms with Crippen LogP contribution >= 0.6 is 11.3 Å². The highest BCUT2D eigenvalue weighted by atomic mass is 32.1. The molecule has 2 amide bonds. The van der Waals surface area contributed by atoms with Gasteiger partial charge in [0.2, 0.25) is 0 Å². The molecule has 0 radical (unpaired) electrons. The summed E-state index contributed by atoms with van der Waals surface area (Å²) in [5.41, 5.74) is 3.06. The van der Waals surface area contributed by atoms with Crippen LogP contribution in [0.1, 0.15) is 26.9 Å². The Bertz CT molecular complexity index is 1130. The zero-order valence-electron chi connectivity index (χ0n) is 18.3. The molecule has 0 saturated carbocycles. The molecule has 0 spiro atoms. The van der Waals surface area contributed by atoms with E-state index >= 15 is 0 Å². The van der Waals surface area contributed by atoms with Crippen molar-refractivity contribution < 1.29 is 4.79 Å². The molecule has 4 rings (SSSR count). The third-order valence-corrected chi connectivity index (χ3v) is 6.59. The van der Waals surface area contributed by atoms with Crippen molar-refractivity contribution in [1.82, 2.24) is 20.2 Å². The van der Waals surface area contributed by atoms with E-state index in [1.807, 2.05) is 19.1 Å². The minimum Gasteiger partial charge on any atom is -0.354 e. The van der Waals surface area contributed by atoms with Gasteiger partial charge in [-0.05, 0) is 51.2 Å². The molecule has 3 aromatic rings. The number of amides is 2. The molecule has 8 nitrogen and oxygen atoms in total. The van der Waals surface area contributed by atoms with Crippen LogP contribution in [0.2, 0.25) is 0 Å². The van der Waals surface area contributed by atoms with E-state index in [0.29, 0.717) is 17.1 Å². The number of hydrogen-bond donors (Lipinski definition) is 4. The first-order valence-electron chi connectivity index (χ1n) is 10.4. The fourth-order valence-electron chi connectivity index (χ4n) is 3.95. The number of likely N-dealkylation sites (tertiary alicyclic amines) is 1. The van der Waals surface area contributed by atoms with Crippen molar-refractivity contribution >= 4 is 40.8 Å². The van der Waals surface area contributed by atoms with Crippen molar-refractivity contribution in [3.05, 3.63) is 63.7 Å². The number of thiophene rings is 1. The Hall–Kier alpha value is -3.30. The second-order valence-electron chi connectivity index (χ2n) is 8.09. The van der Waals surface area contributed by atoms with Crippen LogP contribution in [-0.2, 0) is 0 Å². The van der Waals surface area contributed by atoms with E-state index in [9.17, 15) is 4.79 Å². The quantitative estimate of drug-likeness (QED) is 0.424. The smallest absolute Gasteiger partial charge is 0.320 e. The van der Waals surface area contributed by atoms with E-state index in [0.717, 1.165) is 24.5 Å². The van der Waals surface area contributed by atoms with Gasteiger partial charge >= 0.3 is 6.03 Å². The van der Waals surface area contributed by atoms with Crippen LogP contribution in [0.15, 0.2) is 42.7 Å². The largest absolute Gasteiger partial charge is 0.354 e. The van der Waals surface area contributed by atoms with Gasteiger partial charge in [-0.2, -0.15) is 0 Å². The minimum absolute atomic E-state index is 0.0242. The number of anilines is 3. The van der Waals surface area contributed by atoms with Gasteiger partial charge in [-0.25, -0.2) is 9.78 Å². The maximum Gasteiger partial charge on any atom is 0.320 e. The lowest BCUT2D eigenvalue weighted by Crippen LogP contribution is -2.42. The number of carbonyl (C=O) groups is 1. The molecule has 0 bridgehead atoms. The van der Waals surface area contributed by atoms with E-state index in [2.05, 4.69) is 56.9 Å². The van der Waals surface area contributed by atoms with E-state index in [1.165, 1.54) is 16.0 Å². The lowest BCUT2D eigenvalue weighted by atomic mass is 10.0. The molecule has 2 unspecified atom stereocenters. The Kier molecular flexibility index (Phi) is 6.48. The molecule has 1 saturated heterocycles. The van der Waals surface area contributed by atoms with Gasteiger partial charge in [0, 0.05) is 58.1 Å². The van der Waals surface area contributed by atoms with Crippen molar-refractivity contribution in [2.75, 3.05) is 30.8 Å². The zero-order chi connectivity index (χ0) is 22.7. The van der Waals surface area contributed by atoms with Crippen molar-refractivity contribution in [2.24, 2.45) is 0 Å². The summed E-state index contributed by atoms with van der Waals surface area (Å²) < 4.78 is 0. The monoisotopic (exact) mass is 449 g/mol. The van der Waals surface area contributed by atoms with Crippen LogP contribution in [0.25, 0.3) is 0 Å². The maximum absolute atomic E-state index is 12.7. The predicted octanol–water partition coefficient (Wildman–Crippen LogP) is 4.12. The van der Waals surface area contributed by atoms with Gasteiger partial charge in [-0.15, -0.1) is 11.3 Å². The molecule has 1 fully saturated rings. The van der Waals surface area contributed by atoms with Crippen molar-refractivity contribution in [3.63, 3.8) is 0 Å². The molecule has 0 aliphatic carbocycles. The number of aryl methyl sites for hydroxylation is 2. The number of pyridine rings is 2. The highest BCUT2D eigenvalue weighted by Gasteiger charge is 2.34. The van der Waals surface area contributed by atoms with E-state index < -0.39 is 0 Å². The summed E-state index contributed by atoms with van der Waals surface area (Å²) in [6, 6.07) is 9.46. The molecule has 4 N–H and O–H groups in total. The SMILES string of the molecule is Cc1cc(Nc2cnc(NC(=O)NC3CN(C)CC3c3ccc(C)s3)cc2C=N)ccn1. The summed E-state index contributed by atoms with van der Waals surface area (Å²) in [4.78, 5) is 26.1. The molecule has 9 heteroatoms. The Morgan fingerprint density at radius 1 is 1.22 bits per heavy atom. The molecule has 3 aromatic heterocycles. The zero-order valence-corrected chi connectivity index (χ0v) is 19.2. The van der Waals surface area contributed by atoms with Crippen LogP contribution in [0, 0.1) is 19.3 Å². The standard InChI is InChI=1S/C23H27N7OS/c1-14-8-17(6-7-25-14)27-19-11-26-22(9-16(19)10-24)29-23(31)28-20-13-30(3)12-18(20)21-5-4-15(2)32-21/h4-11,18,20,24H,12-13H2,1-3H3,(H,25,27)(H2,26,28,29,31). The number of aromatic nitrogens is 2. The van der Waals surface area contributed by atoms with Crippen LogP contribution < -0.4 is 16.0 Å². The maximum atomic E-state index is 12.7. The minimum atomic E-state index is -0.294. The first-order chi connectivity index (χ1) is 15.4.